The summed E-state index contributed by atoms with van der Waals surface area (Å²) in [6.45, 7) is 4.51. The van der Waals surface area contributed by atoms with Gasteiger partial charge in [0.2, 0.25) is 0 Å². The van der Waals surface area contributed by atoms with Gasteiger partial charge in [0.15, 0.2) is 0 Å². The molecule has 20 heavy (non-hydrogen) atoms. The molecule has 0 radical (unpaired) electrons. The van der Waals surface area contributed by atoms with Crippen molar-refractivity contribution in [2.24, 2.45) is 5.92 Å². The SMILES string of the molecule is CCC1CCN(c2ncc(CO)c3ccccc23)CC1. The van der Waals surface area contributed by atoms with E-state index in [0.29, 0.717) is 0 Å². The molecule has 2 heterocycles. The Bertz CT molecular complexity index is 589. The van der Waals surface area contributed by atoms with E-state index in [4.69, 9.17) is 0 Å². The number of pyridine rings is 1. The maximum Gasteiger partial charge on any atom is 0.136 e. The van der Waals surface area contributed by atoms with Crippen LogP contribution in [0, 0.1) is 5.92 Å². The van der Waals surface area contributed by atoms with Crippen molar-refractivity contribution in [2.45, 2.75) is 32.8 Å². The van der Waals surface area contributed by atoms with Crippen LogP contribution < -0.4 is 4.90 Å². The van der Waals surface area contributed by atoms with Gasteiger partial charge in [-0.1, -0.05) is 37.6 Å². The second-order valence-electron chi connectivity index (χ2n) is 5.65. The zero-order valence-electron chi connectivity index (χ0n) is 12.0. The zero-order chi connectivity index (χ0) is 13.9. The van der Waals surface area contributed by atoms with E-state index in [2.05, 4.69) is 28.9 Å². The molecule has 0 aliphatic carbocycles. The molecule has 0 amide bonds. The van der Waals surface area contributed by atoms with Gasteiger partial charge in [-0.2, -0.15) is 0 Å². The van der Waals surface area contributed by atoms with Crippen molar-refractivity contribution in [2.75, 3.05) is 18.0 Å². The van der Waals surface area contributed by atoms with Crippen molar-refractivity contribution >= 4 is 16.6 Å². The topological polar surface area (TPSA) is 36.4 Å². The lowest BCUT2D eigenvalue weighted by Crippen LogP contribution is -2.34. The minimum atomic E-state index is 0.0473. The van der Waals surface area contributed by atoms with Crippen molar-refractivity contribution < 1.29 is 5.11 Å². The van der Waals surface area contributed by atoms with Crippen LogP contribution in [0.15, 0.2) is 30.5 Å². The molecule has 0 spiro atoms. The predicted molar refractivity (Wildman–Crippen MR) is 82.9 cm³/mol. The lowest BCUT2D eigenvalue weighted by molar-refractivity contribution is 0.283. The summed E-state index contributed by atoms with van der Waals surface area (Å²) >= 11 is 0. The first-order valence-electron chi connectivity index (χ1n) is 7.56. The largest absolute Gasteiger partial charge is 0.392 e. The number of aliphatic hydroxyl groups excluding tert-OH is 1. The van der Waals surface area contributed by atoms with E-state index in [1.54, 1.807) is 0 Å². The summed E-state index contributed by atoms with van der Waals surface area (Å²) in [4.78, 5) is 7.02. The molecule has 2 aromatic rings. The number of piperidine rings is 1. The molecule has 3 heteroatoms. The Morgan fingerprint density at radius 2 is 1.90 bits per heavy atom. The predicted octanol–water partition coefficient (Wildman–Crippen LogP) is 3.35. The van der Waals surface area contributed by atoms with Gasteiger partial charge in [-0.15, -0.1) is 0 Å². The number of anilines is 1. The average molecular weight is 270 g/mol. The molecular weight excluding hydrogens is 248 g/mol. The summed E-state index contributed by atoms with van der Waals surface area (Å²) in [5.74, 6) is 1.95. The standard InChI is InChI=1S/C17H22N2O/c1-2-13-7-9-19(10-8-13)17-16-6-4-3-5-15(16)14(12-20)11-18-17/h3-6,11,13,20H,2,7-10,12H2,1H3. The molecule has 1 saturated heterocycles. The minimum absolute atomic E-state index is 0.0473. The van der Waals surface area contributed by atoms with Crippen molar-refractivity contribution in [3.05, 3.63) is 36.0 Å². The molecule has 3 nitrogen and oxygen atoms in total. The summed E-state index contributed by atoms with van der Waals surface area (Å²) in [6, 6.07) is 8.26. The van der Waals surface area contributed by atoms with Crippen LogP contribution in [0.25, 0.3) is 10.8 Å². The molecule has 1 aliphatic heterocycles. The van der Waals surface area contributed by atoms with Crippen LogP contribution in [0.2, 0.25) is 0 Å². The number of nitrogens with zero attached hydrogens (tertiary/aromatic N) is 2. The van der Waals surface area contributed by atoms with Crippen molar-refractivity contribution in [1.29, 1.82) is 0 Å². The Morgan fingerprint density at radius 3 is 2.55 bits per heavy atom. The van der Waals surface area contributed by atoms with Gasteiger partial charge >= 0.3 is 0 Å². The molecule has 1 aromatic carbocycles. The van der Waals surface area contributed by atoms with Gasteiger partial charge in [-0.25, -0.2) is 4.98 Å². The van der Waals surface area contributed by atoms with E-state index in [1.807, 2.05) is 18.3 Å². The van der Waals surface area contributed by atoms with Crippen molar-refractivity contribution in [3.63, 3.8) is 0 Å². The normalized spacial score (nSPS) is 16.8. The Labute approximate surface area is 120 Å². The van der Waals surface area contributed by atoms with Gasteiger partial charge in [0, 0.05) is 30.2 Å². The summed E-state index contributed by atoms with van der Waals surface area (Å²) in [5.41, 5.74) is 0.910. The van der Waals surface area contributed by atoms with E-state index < -0.39 is 0 Å². The summed E-state index contributed by atoms with van der Waals surface area (Å²) in [6.07, 6.45) is 5.62. The zero-order valence-corrected chi connectivity index (χ0v) is 12.0. The number of hydrogen-bond donors (Lipinski definition) is 1. The Kier molecular flexibility index (Phi) is 3.88. The Balaban J connectivity index is 1.96. The molecule has 1 aromatic heterocycles. The van der Waals surface area contributed by atoms with Gasteiger partial charge in [-0.3, -0.25) is 0 Å². The molecule has 0 unspecified atom stereocenters. The maximum absolute atomic E-state index is 9.45. The number of fused-ring (bicyclic) bond motifs is 1. The van der Waals surface area contributed by atoms with E-state index in [-0.39, 0.29) is 6.61 Å². The number of aromatic nitrogens is 1. The monoisotopic (exact) mass is 270 g/mol. The third-order valence-electron chi connectivity index (χ3n) is 4.52. The molecule has 1 N–H and O–H groups in total. The van der Waals surface area contributed by atoms with Crippen LogP contribution in [0.1, 0.15) is 31.7 Å². The highest BCUT2D eigenvalue weighted by Crippen LogP contribution is 2.30. The first kappa shape index (κ1) is 13.4. The summed E-state index contributed by atoms with van der Waals surface area (Å²) in [7, 11) is 0. The smallest absolute Gasteiger partial charge is 0.136 e. The van der Waals surface area contributed by atoms with Crippen molar-refractivity contribution in [3.8, 4) is 0 Å². The van der Waals surface area contributed by atoms with Crippen LogP contribution in [-0.4, -0.2) is 23.2 Å². The highest BCUT2D eigenvalue weighted by Gasteiger charge is 2.20. The second kappa shape index (κ2) is 5.80. The highest BCUT2D eigenvalue weighted by molar-refractivity contribution is 5.94. The van der Waals surface area contributed by atoms with E-state index in [9.17, 15) is 5.11 Å². The van der Waals surface area contributed by atoms with E-state index in [0.717, 1.165) is 41.2 Å². The fourth-order valence-electron chi connectivity index (χ4n) is 3.17. The third-order valence-corrected chi connectivity index (χ3v) is 4.52. The Hall–Kier alpha value is -1.61. The molecular formula is C17H22N2O. The fraction of sp³-hybridized carbons (Fsp3) is 0.471. The lowest BCUT2D eigenvalue weighted by Gasteiger charge is -2.33. The molecule has 0 atom stereocenters. The number of aliphatic hydroxyl groups is 1. The molecule has 1 fully saturated rings. The summed E-state index contributed by atoms with van der Waals surface area (Å²) in [5, 5.41) is 11.7. The van der Waals surface area contributed by atoms with E-state index >= 15 is 0 Å². The molecule has 0 saturated carbocycles. The lowest BCUT2D eigenvalue weighted by atomic mass is 9.94. The fourth-order valence-corrected chi connectivity index (χ4v) is 3.17. The van der Waals surface area contributed by atoms with Gasteiger partial charge < -0.3 is 10.0 Å². The van der Waals surface area contributed by atoms with Gasteiger partial charge in [0.05, 0.1) is 6.61 Å². The first-order chi connectivity index (χ1) is 9.83. The van der Waals surface area contributed by atoms with Crippen molar-refractivity contribution in [1.82, 2.24) is 4.98 Å². The molecule has 3 rings (SSSR count). The van der Waals surface area contributed by atoms with E-state index in [1.165, 1.54) is 19.3 Å². The number of rotatable bonds is 3. The van der Waals surface area contributed by atoms with Crippen LogP contribution in [0.3, 0.4) is 0 Å². The Morgan fingerprint density at radius 1 is 1.20 bits per heavy atom. The van der Waals surface area contributed by atoms with Crippen LogP contribution in [0.5, 0.6) is 0 Å². The van der Waals surface area contributed by atoms with Gasteiger partial charge in [0.25, 0.3) is 0 Å². The molecule has 1 aliphatic rings. The first-order valence-corrected chi connectivity index (χ1v) is 7.56. The van der Waals surface area contributed by atoms with Gasteiger partial charge in [0.1, 0.15) is 5.82 Å². The molecule has 106 valence electrons. The number of hydrogen-bond acceptors (Lipinski definition) is 3. The molecule has 0 bridgehead atoms. The second-order valence-corrected chi connectivity index (χ2v) is 5.65. The minimum Gasteiger partial charge on any atom is -0.392 e. The van der Waals surface area contributed by atoms with Crippen LogP contribution in [0.4, 0.5) is 5.82 Å². The van der Waals surface area contributed by atoms with Crippen LogP contribution >= 0.6 is 0 Å². The average Bonchev–Trinajstić information content (AvgIpc) is 2.54. The summed E-state index contributed by atoms with van der Waals surface area (Å²) < 4.78 is 0. The third kappa shape index (κ3) is 2.38. The van der Waals surface area contributed by atoms with Crippen LogP contribution in [-0.2, 0) is 6.61 Å². The highest BCUT2D eigenvalue weighted by atomic mass is 16.3. The number of benzene rings is 1. The maximum atomic E-state index is 9.45. The quantitative estimate of drug-likeness (QED) is 0.929. The van der Waals surface area contributed by atoms with Gasteiger partial charge in [-0.05, 0) is 24.1 Å².